The van der Waals surface area contributed by atoms with E-state index in [1.165, 1.54) is 0 Å². The second-order valence-electron chi connectivity index (χ2n) is 6.87. The van der Waals surface area contributed by atoms with E-state index in [1.807, 2.05) is 67.6 Å². The highest BCUT2D eigenvalue weighted by Crippen LogP contribution is 2.36. The average Bonchev–Trinajstić information content (AvgIpc) is 3.23. The summed E-state index contributed by atoms with van der Waals surface area (Å²) in [5, 5.41) is 1.77. The number of hydrogen-bond acceptors (Lipinski definition) is 5. The van der Waals surface area contributed by atoms with Crippen molar-refractivity contribution < 1.29 is 19.1 Å². The van der Waals surface area contributed by atoms with Crippen LogP contribution in [0.2, 0.25) is 0 Å². The molecule has 0 saturated carbocycles. The topological polar surface area (TPSA) is 48.0 Å². The van der Waals surface area contributed by atoms with E-state index in [0.29, 0.717) is 19.8 Å². The smallest absolute Gasteiger partial charge is 0.326 e. The Hall–Kier alpha value is -2.21. The number of fused-ring (bicyclic) bond motifs is 1. The molecule has 2 fully saturated rings. The van der Waals surface area contributed by atoms with Gasteiger partial charge in [-0.2, -0.15) is 5.06 Å². The van der Waals surface area contributed by atoms with Crippen LogP contribution >= 0.6 is 0 Å². The first-order valence-corrected chi connectivity index (χ1v) is 9.02. The minimum Gasteiger partial charge on any atom is -0.464 e. The molecule has 2 aromatic rings. The van der Waals surface area contributed by atoms with E-state index in [4.69, 9.17) is 14.3 Å². The maximum atomic E-state index is 12.2. The van der Waals surface area contributed by atoms with Crippen molar-refractivity contribution in [2.45, 2.75) is 38.3 Å². The summed E-state index contributed by atoms with van der Waals surface area (Å²) in [5.41, 5.74) is 2.22. The molecule has 4 rings (SSSR count). The van der Waals surface area contributed by atoms with Crippen LogP contribution in [0.5, 0.6) is 0 Å². The summed E-state index contributed by atoms with van der Waals surface area (Å²) in [4.78, 5) is 18.4. The van der Waals surface area contributed by atoms with Gasteiger partial charge in [0, 0.05) is 0 Å². The van der Waals surface area contributed by atoms with Crippen molar-refractivity contribution in [1.82, 2.24) is 5.06 Å². The molecule has 0 spiro atoms. The molecular formula is C21H23NO4. The van der Waals surface area contributed by atoms with Crippen LogP contribution in [0.1, 0.15) is 18.1 Å². The maximum Gasteiger partial charge on any atom is 0.326 e. The largest absolute Gasteiger partial charge is 0.464 e. The van der Waals surface area contributed by atoms with Gasteiger partial charge in [-0.1, -0.05) is 60.7 Å². The van der Waals surface area contributed by atoms with Crippen LogP contribution in [-0.4, -0.2) is 35.9 Å². The summed E-state index contributed by atoms with van der Waals surface area (Å²) in [6.07, 6.45) is -0.336. The minimum atomic E-state index is -0.358. The van der Waals surface area contributed by atoms with Gasteiger partial charge in [-0.3, -0.25) is 9.63 Å². The summed E-state index contributed by atoms with van der Waals surface area (Å²) in [6, 6.07) is 19.7. The number of benzene rings is 2. The van der Waals surface area contributed by atoms with Crippen LogP contribution in [-0.2, 0) is 32.3 Å². The molecule has 5 heteroatoms. The minimum absolute atomic E-state index is 0.00279. The molecule has 2 aromatic carbocycles. The number of hydrogen-bond donors (Lipinski definition) is 0. The lowest BCUT2D eigenvalue weighted by Gasteiger charge is -2.24. The molecule has 2 saturated heterocycles. The Balaban J connectivity index is 1.44. The molecule has 0 amide bonds. The Kier molecular flexibility index (Phi) is 5.02. The number of hydroxylamine groups is 2. The molecule has 136 valence electrons. The summed E-state index contributed by atoms with van der Waals surface area (Å²) in [5.74, 6) is -0.208. The van der Waals surface area contributed by atoms with E-state index in [2.05, 4.69) is 0 Å². The maximum absolute atomic E-state index is 12.2. The lowest BCUT2D eigenvalue weighted by molar-refractivity contribution is -0.208. The summed E-state index contributed by atoms with van der Waals surface area (Å²) >= 11 is 0. The Morgan fingerprint density at radius 3 is 2.42 bits per heavy atom. The third kappa shape index (κ3) is 3.51. The van der Waals surface area contributed by atoms with Gasteiger partial charge >= 0.3 is 5.97 Å². The molecule has 0 bridgehead atoms. The number of carbonyl (C=O) groups is 1. The first kappa shape index (κ1) is 17.2. The molecule has 0 unspecified atom stereocenters. The van der Waals surface area contributed by atoms with Gasteiger partial charge in [-0.15, -0.1) is 0 Å². The monoisotopic (exact) mass is 353 g/mol. The van der Waals surface area contributed by atoms with Gasteiger partial charge in [-0.25, -0.2) is 0 Å². The van der Waals surface area contributed by atoms with Crippen molar-refractivity contribution in [3.05, 3.63) is 71.8 Å². The highest BCUT2D eigenvalue weighted by atomic mass is 16.7. The van der Waals surface area contributed by atoms with Gasteiger partial charge in [-0.05, 0) is 18.1 Å². The van der Waals surface area contributed by atoms with E-state index in [0.717, 1.165) is 11.1 Å². The van der Waals surface area contributed by atoms with Crippen LogP contribution in [0.25, 0.3) is 0 Å². The Morgan fingerprint density at radius 2 is 1.73 bits per heavy atom. The second-order valence-corrected chi connectivity index (χ2v) is 6.87. The van der Waals surface area contributed by atoms with Crippen LogP contribution in [0.4, 0.5) is 0 Å². The number of esters is 1. The van der Waals surface area contributed by atoms with Crippen molar-refractivity contribution in [2.75, 3.05) is 6.61 Å². The normalized spacial score (nSPS) is 26.5. The Morgan fingerprint density at radius 1 is 1.08 bits per heavy atom. The summed E-state index contributed by atoms with van der Waals surface area (Å²) < 4.78 is 11.4. The lowest BCUT2D eigenvalue weighted by Crippen LogP contribution is -2.35. The summed E-state index contributed by atoms with van der Waals surface area (Å²) in [7, 11) is 0. The molecular weight excluding hydrogens is 330 g/mol. The quantitative estimate of drug-likeness (QED) is 0.748. The fourth-order valence-electron chi connectivity index (χ4n) is 3.66. The molecule has 0 aliphatic carbocycles. The third-order valence-corrected chi connectivity index (χ3v) is 5.05. The van der Waals surface area contributed by atoms with Crippen molar-refractivity contribution in [3.63, 3.8) is 0 Å². The van der Waals surface area contributed by atoms with Gasteiger partial charge in [0.1, 0.15) is 12.1 Å². The number of carbonyl (C=O) groups excluding carboxylic acids is 1. The van der Waals surface area contributed by atoms with Gasteiger partial charge in [0.05, 0.1) is 31.8 Å². The Bertz CT molecular complexity index is 736. The number of nitrogens with zero attached hydrogens (tertiary/aromatic N) is 1. The summed E-state index contributed by atoms with van der Waals surface area (Å²) in [6.45, 7) is 3.46. The van der Waals surface area contributed by atoms with Crippen LogP contribution in [0, 0.1) is 5.92 Å². The molecule has 0 aromatic heterocycles. The Labute approximate surface area is 153 Å². The van der Waals surface area contributed by atoms with Crippen molar-refractivity contribution in [2.24, 2.45) is 5.92 Å². The third-order valence-electron chi connectivity index (χ3n) is 5.05. The molecule has 2 heterocycles. The highest BCUT2D eigenvalue weighted by molar-refractivity contribution is 5.78. The van der Waals surface area contributed by atoms with Gasteiger partial charge < -0.3 is 9.47 Å². The standard InChI is InChI=1S/C21H23NO4/c1-15(24-13-17-10-6-3-7-11-17)20-18-14-25-21(23)19(18)22(26-20)12-16-8-4-2-5-9-16/h2-11,15,18-20H,12-14H2,1H3/t15-,18+,19+,20+/m0/s1. The van der Waals surface area contributed by atoms with E-state index in [-0.39, 0.29) is 30.1 Å². The zero-order valence-corrected chi connectivity index (χ0v) is 14.8. The molecule has 0 N–H and O–H groups in total. The van der Waals surface area contributed by atoms with Gasteiger partial charge in [0.2, 0.25) is 0 Å². The molecule has 2 aliphatic rings. The van der Waals surface area contributed by atoms with Crippen LogP contribution < -0.4 is 0 Å². The van der Waals surface area contributed by atoms with Crippen molar-refractivity contribution >= 4 is 5.97 Å². The predicted molar refractivity (Wildman–Crippen MR) is 95.8 cm³/mol. The van der Waals surface area contributed by atoms with E-state index < -0.39 is 0 Å². The zero-order chi connectivity index (χ0) is 17.9. The molecule has 26 heavy (non-hydrogen) atoms. The van der Waals surface area contributed by atoms with Crippen molar-refractivity contribution in [1.29, 1.82) is 0 Å². The van der Waals surface area contributed by atoms with Crippen LogP contribution in [0.15, 0.2) is 60.7 Å². The number of rotatable bonds is 6. The predicted octanol–water partition coefficient (Wildman–Crippen LogP) is 2.95. The average molecular weight is 353 g/mol. The molecule has 0 radical (unpaired) electrons. The van der Waals surface area contributed by atoms with Crippen molar-refractivity contribution in [3.8, 4) is 0 Å². The number of ether oxygens (including phenoxy) is 2. The molecule has 4 atom stereocenters. The van der Waals surface area contributed by atoms with E-state index in [9.17, 15) is 4.79 Å². The first-order valence-electron chi connectivity index (χ1n) is 9.02. The second kappa shape index (κ2) is 7.58. The number of cyclic esters (lactones) is 1. The van der Waals surface area contributed by atoms with Gasteiger partial charge in [0.25, 0.3) is 0 Å². The lowest BCUT2D eigenvalue weighted by atomic mass is 9.94. The SMILES string of the molecule is C[C@H](OCc1ccccc1)[C@H]1ON(Cc2ccccc2)[C@H]2C(=O)OC[C@@H]12. The fourth-order valence-corrected chi connectivity index (χ4v) is 3.66. The van der Waals surface area contributed by atoms with Gasteiger partial charge in [0.15, 0.2) is 0 Å². The fraction of sp³-hybridized carbons (Fsp3) is 0.381. The van der Waals surface area contributed by atoms with E-state index in [1.54, 1.807) is 5.06 Å². The van der Waals surface area contributed by atoms with Crippen LogP contribution in [0.3, 0.4) is 0 Å². The van der Waals surface area contributed by atoms with E-state index >= 15 is 0 Å². The zero-order valence-electron chi connectivity index (χ0n) is 14.8. The first-order chi connectivity index (χ1) is 12.7. The molecule has 2 aliphatic heterocycles. The highest BCUT2D eigenvalue weighted by Gasteiger charge is 2.54. The molecule has 5 nitrogen and oxygen atoms in total.